The fourth-order valence-electron chi connectivity index (χ4n) is 1.85. The van der Waals surface area contributed by atoms with Gasteiger partial charge in [-0.2, -0.15) is 0 Å². The van der Waals surface area contributed by atoms with Crippen molar-refractivity contribution >= 4 is 23.5 Å². The van der Waals surface area contributed by atoms with Gasteiger partial charge in [-0.15, -0.1) is 0 Å². The number of hydrogen-bond donors (Lipinski definition) is 0. The van der Waals surface area contributed by atoms with Gasteiger partial charge in [0.25, 0.3) is 0 Å². The molecule has 1 fully saturated rings. The van der Waals surface area contributed by atoms with E-state index in [1.165, 1.54) is 12.1 Å². The minimum Gasteiger partial charge on any atom is -0.458 e. The number of amides is 2. The van der Waals surface area contributed by atoms with Crippen LogP contribution in [0.25, 0.3) is 0 Å². The van der Waals surface area contributed by atoms with Crippen LogP contribution in [0.5, 0.6) is 0 Å². The van der Waals surface area contributed by atoms with E-state index in [1.807, 2.05) is 0 Å². The van der Waals surface area contributed by atoms with Crippen LogP contribution < -0.4 is 4.90 Å². The smallest absolute Gasteiger partial charge is 0.338 e. The molecule has 0 bridgehead atoms. The molecule has 0 aromatic heterocycles. The maximum atomic E-state index is 11.7. The zero-order valence-corrected chi connectivity index (χ0v) is 10.3. The summed E-state index contributed by atoms with van der Waals surface area (Å²) in [5.41, 5.74) is 0.701. The van der Waals surface area contributed by atoms with Crippen LogP contribution in [0.3, 0.4) is 0 Å². The second kappa shape index (κ2) is 5.48. The molecule has 0 aliphatic carbocycles. The number of ether oxygens (including phenoxy) is 1. The van der Waals surface area contributed by atoms with Crippen molar-refractivity contribution < 1.29 is 19.1 Å². The van der Waals surface area contributed by atoms with Crippen molar-refractivity contribution in [3.05, 3.63) is 42.5 Å². The monoisotopic (exact) mass is 259 g/mol. The average molecular weight is 259 g/mol. The van der Waals surface area contributed by atoms with Gasteiger partial charge in [-0.3, -0.25) is 14.5 Å². The van der Waals surface area contributed by atoms with E-state index in [0.29, 0.717) is 11.3 Å². The maximum Gasteiger partial charge on any atom is 0.338 e. The van der Waals surface area contributed by atoms with Gasteiger partial charge in [0.15, 0.2) is 0 Å². The Labute approximate surface area is 110 Å². The standard InChI is InChI=1S/C14H13NO4/c1-2-8-19-14(18)10-4-3-5-11(9-10)15-12(16)6-7-13(15)17/h2-5,9H,1,6-8H2. The Balaban J connectivity index is 2.24. The molecule has 0 radical (unpaired) electrons. The first-order valence-corrected chi connectivity index (χ1v) is 5.87. The summed E-state index contributed by atoms with van der Waals surface area (Å²) < 4.78 is 4.90. The number of carbonyl (C=O) groups excluding carboxylic acids is 3. The maximum absolute atomic E-state index is 11.7. The topological polar surface area (TPSA) is 63.7 Å². The molecule has 1 aliphatic rings. The molecule has 19 heavy (non-hydrogen) atoms. The third-order valence-electron chi connectivity index (χ3n) is 2.72. The molecular weight excluding hydrogens is 246 g/mol. The first kappa shape index (κ1) is 13.0. The van der Waals surface area contributed by atoms with Gasteiger partial charge in [-0.25, -0.2) is 4.79 Å². The van der Waals surface area contributed by atoms with Crippen molar-refractivity contribution in [2.75, 3.05) is 11.5 Å². The van der Waals surface area contributed by atoms with Gasteiger partial charge in [-0.1, -0.05) is 18.7 Å². The molecule has 5 heteroatoms. The highest BCUT2D eigenvalue weighted by molar-refractivity contribution is 6.20. The van der Waals surface area contributed by atoms with Gasteiger partial charge in [0.2, 0.25) is 11.8 Å². The molecule has 0 atom stereocenters. The third kappa shape index (κ3) is 2.70. The zero-order chi connectivity index (χ0) is 13.8. The molecule has 2 rings (SSSR count). The lowest BCUT2D eigenvalue weighted by molar-refractivity contribution is -0.121. The highest BCUT2D eigenvalue weighted by atomic mass is 16.5. The van der Waals surface area contributed by atoms with Crippen LogP contribution in [0, 0.1) is 0 Å². The van der Waals surface area contributed by atoms with E-state index < -0.39 is 5.97 Å². The van der Waals surface area contributed by atoms with Crippen molar-refractivity contribution in [2.24, 2.45) is 0 Å². The van der Waals surface area contributed by atoms with Crippen molar-refractivity contribution in [1.82, 2.24) is 0 Å². The summed E-state index contributed by atoms with van der Waals surface area (Å²) in [7, 11) is 0. The molecule has 0 spiro atoms. The molecule has 5 nitrogen and oxygen atoms in total. The average Bonchev–Trinajstić information content (AvgIpc) is 2.75. The largest absolute Gasteiger partial charge is 0.458 e. The van der Waals surface area contributed by atoms with Crippen molar-refractivity contribution in [2.45, 2.75) is 12.8 Å². The molecular formula is C14H13NO4. The van der Waals surface area contributed by atoms with Crippen LogP contribution in [0.1, 0.15) is 23.2 Å². The highest BCUT2D eigenvalue weighted by Crippen LogP contribution is 2.23. The Bertz CT molecular complexity index is 534. The summed E-state index contributed by atoms with van der Waals surface area (Å²) in [6.45, 7) is 3.57. The van der Waals surface area contributed by atoms with E-state index in [4.69, 9.17) is 4.74 Å². The van der Waals surface area contributed by atoms with Crippen molar-refractivity contribution in [1.29, 1.82) is 0 Å². The number of carbonyl (C=O) groups is 3. The number of anilines is 1. The second-order valence-electron chi connectivity index (χ2n) is 4.06. The predicted octanol–water partition coefficient (Wildman–Crippen LogP) is 1.68. The van der Waals surface area contributed by atoms with Gasteiger partial charge in [-0.05, 0) is 18.2 Å². The molecule has 1 aromatic rings. The summed E-state index contributed by atoms with van der Waals surface area (Å²) >= 11 is 0. The third-order valence-corrected chi connectivity index (χ3v) is 2.72. The van der Waals surface area contributed by atoms with Gasteiger partial charge in [0.1, 0.15) is 6.61 Å². The Morgan fingerprint density at radius 3 is 2.63 bits per heavy atom. The van der Waals surface area contributed by atoms with Crippen LogP contribution in [0.2, 0.25) is 0 Å². The lowest BCUT2D eigenvalue weighted by Crippen LogP contribution is -2.28. The number of rotatable bonds is 4. The first-order valence-electron chi connectivity index (χ1n) is 5.87. The normalized spacial score (nSPS) is 14.6. The van der Waals surface area contributed by atoms with Crippen LogP contribution in [-0.4, -0.2) is 24.4 Å². The molecule has 0 N–H and O–H groups in total. The molecule has 1 aliphatic heterocycles. The van der Waals surface area contributed by atoms with E-state index >= 15 is 0 Å². The molecule has 98 valence electrons. The van der Waals surface area contributed by atoms with E-state index in [0.717, 1.165) is 4.90 Å². The number of hydrogen-bond acceptors (Lipinski definition) is 4. The summed E-state index contributed by atoms with van der Waals surface area (Å²) in [6, 6.07) is 6.27. The molecule has 1 aromatic carbocycles. The Morgan fingerprint density at radius 1 is 1.32 bits per heavy atom. The molecule has 2 amide bonds. The number of nitrogens with zero attached hydrogens (tertiary/aromatic N) is 1. The molecule has 0 saturated carbocycles. The summed E-state index contributed by atoms with van der Waals surface area (Å²) in [5, 5.41) is 0. The van der Waals surface area contributed by atoms with E-state index in [2.05, 4.69) is 6.58 Å². The minimum atomic E-state index is -0.513. The number of imide groups is 1. The Kier molecular flexibility index (Phi) is 3.75. The lowest BCUT2D eigenvalue weighted by atomic mass is 10.2. The lowest BCUT2D eigenvalue weighted by Gasteiger charge is -2.14. The van der Waals surface area contributed by atoms with Crippen LogP contribution in [0.4, 0.5) is 5.69 Å². The summed E-state index contributed by atoms with van der Waals surface area (Å²) in [6.07, 6.45) is 1.89. The van der Waals surface area contributed by atoms with E-state index in [9.17, 15) is 14.4 Å². The van der Waals surface area contributed by atoms with Gasteiger partial charge in [0, 0.05) is 12.8 Å². The number of benzene rings is 1. The fourth-order valence-corrected chi connectivity index (χ4v) is 1.85. The summed E-state index contributed by atoms with van der Waals surface area (Å²) in [4.78, 5) is 36.0. The highest BCUT2D eigenvalue weighted by Gasteiger charge is 2.30. The second-order valence-corrected chi connectivity index (χ2v) is 4.06. The molecule has 1 heterocycles. The quantitative estimate of drug-likeness (QED) is 0.469. The fraction of sp³-hybridized carbons (Fsp3) is 0.214. The Morgan fingerprint density at radius 2 is 2.00 bits per heavy atom. The van der Waals surface area contributed by atoms with Crippen molar-refractivity contribution in [3.8, 4) is 0 Å². The first-order chi connectivity index (χ1) is 9.13. The van der Waals surface area contributed by atoms with Crippen LogP contribution in [-0.2, 0) is 14.3 Å². The Hall–Kier alpha value is -2.43. The molecule has 1 saturated heterocycles. The van der Waals surface area contributed by atoms with E-state index in [-0.39, 0.29) is 31.3 Å². The van der Waals surface area contributed by atoms with Crippen LogP contribution >= 0.6 is 0 Å². The molecule has 0 unspecified atom stereocenters. The van der Waals surface area contributed by atoms with Crippen LogP contribution in [0.15, 0.2) is 36.9 Å². The van der Waals surface area contributed by atoms with Gasteiger partial charge < -0.3 is 4.74 Å². The van der Waals surface area contributed by atoms with Gasteiger partial charge >= 0.3 is 5.97 Å². The van der Waals surface area contributed by atoms with Gasteiger partial charge in [0.05, 0.1) is 11.3 Å². The minimum absolute atomic E-state index is 0.116. The van der Waals surface area contributed by atoms with E-state index in [1.54, 1.807) is 18.2 Å². The zero-order valence-electron chi connectivity index (χ0n) is 10.3. The SMILES string of the molecule is C=CCOC(=O)c1cccc(N2C(=O)CCC2=O)c1. The summed E-state index contributed by atoms with van der Waals surface area (Å²) in [5.74, 6) is -1.01. The van der Waals surface area contributed by atoms with Crippen molar-refractivity contribution in [3.63, 3.8) is 0 Å². The number of esters is 1. The predicted molar refractivity (Wildman–Crippen MR) is 68.6 cm³/mol.